The summed E-state index contributed by atoms with van der Waals surface area (Å²) in [6.07, 6.45) is 0.772. The van der Waals surface area contributed by atoms with Crippen molar-refractivity contribution in [3.05, 3.63) is 0 Å². The predicted octanol–water partition coefficient (Wildman–Crippen LogP) is -1.28. The van der Waals surface area contributed by atoms with Gasteiger partial charge < -0.3 is 10.2 Å². The van der Waals surface area contributed by atoms with Crippen LogP contribution in [0.15, 0.2) is 15.2 Å². The summed E-state index contributed by atoms with van der Waals surface area (Å²) in [6.45, 7) is 0.189. The molecular formula is C4H6N4O2. The lowest BCUT2D eigenvalue weighted by Crippen LogP contribution is -2.22. The Kier molecular flexibility index (Phi) is 0.942. The molecule has 54 valence electrons. The number of β-amino-alcohol motifs (C(OH)–C–C–N with tert-alkyl or cyclic N) is 2. The Morgan fingerprint density at radius 2 is 2.30 bits per heavy atom. The summed E-state index contributed by atoms with van der Waals surface area (Å²) in [7, 11) is 0. The topological polar surface area (TPSA) is 80.5 Å². The molecule has 0 aromatic carbocycles. The van der Waals surface area contributed by atoms with E-state index in [0.29, 0.717) is 0 Å². The van der Waals surface area contributed by atoms with Crippen LogP contribution < -0.4 is 0 Å². The minimum Gasteiger partial charge on any atom is -0.352 e. The third kappa shape index (κ3) is 0.737. The Labute approximate surface area is 56.5 Å². The molecule has 0 spiro atoms. The molecule has 0 amide bonds. The molecule has 0 aromatic heterocycles. The first kappa shape index (κ1) is 5.90. The Morgan fingerprint density at radius 3 is 2.70 bits per heavy atom. The number of aliphatic imine (C=N–C) groups is 1. The van der Waals surface area contributed by atoms with Gasteiger partial charge in [-0.2, -0.15) is 0 Å². The Balaban J connectivity index is 2.04. The zero-order valence-corrected chi connectivity index (χ0v) is 5.05. The molecule has 2 aliphatic rings. The van der Waals surface area contributed by atoms with Crippen LogP contribution in [0.1, 0.15) is 0 Å². The summed E-state index contributed by atoms with van der Waals surface area (Å²) in [5.41, 5.74) is 0. The first-order valence-electron chi connectivity index (χ1n) is 2.83. The van der Waals surface area contributed by atoms with Crippen LogP contribution in [-0.4, -0.2) is 40.2 Å². The van der Waals surface area contributed by atoms with Crippen LogP contribution in [-0.2, 0) is 0 Å². The molecule has 2 N–H and O–H groups in total. The largest absolute Gasteiger partial charge is 0.352 e. The van der Waals surface area contributed by atoms with Gasteiger partial charge in [0, 0.05) is 0 Å². The van der Waals surface area contributed by atoms with Gasteiger partial charge in [-0.05, 0) is 0 Å². The second-order valence-electron chi connectivity index (χ2n) is 2.24. The first-order chi connectivity index (χ1) is 4.70. The summed E-state index contributed by atoms with van der Waals surface area (Å²) in [4.78, 5) is 5.05. The highest BCUT2D eigenvalue weighted by Crippen LogP contribution is 2.30. The molecule has 0 saturated carbocycles. The fourth-order valence-electron chi connectivity index (χ4n) is 0.811. The van der Waals surface area contributed by atoms with E-state index in [1.807, 2.05) is 0 Å². The number of rotatable bonds is 1. The fraction of sp³-hybridized carbons (Fsp3) is 0.750. The van der Waals surface area contributed by atoms with Gasteiger partial charge in [0.1, 0.15) is 6.34 Å². The number of hydrogen-bond acceptors (Lipinski definition) is 6. The molecule has 0 aliphatic carbocycles. The summed E-state index contributed by atoms with van der Waals surface area (Å²) in [5, 5.41) is 24.8. The van der Waals surface area contributed by atoms with E-state index >= 15 is 0 Å². The van der Waals surface area contributed by atoms with Gasteiger partial charge in [0.15, 0.2) is 0 Å². The van der Waals surface area contributed by atoms with Crippen molar-refractivity contribution < 1.29 is 10.2 Å². The number of azo groups is 1. The number of nitrogens with zero attached hydrogens (tertiary/aromatic N) is 4. The molecule has 2 aliphatic heterocycles. The summed E-state index contributed by atoms with van der Waals surface area (Å²) >= 11 is 0. The lowest BCUT2D eigenvalue weighted by molar-refractivity contribution is -0.118. The third-order valence-corrected chi connectivity index (χ3v) is 1.44. The van der Waals surface area contributed by atoms with Gasteiger partial charge >= 0.3 is 0 Å². The maximum absolute atomic E-state index is 8.86. The standard InChI is InChI=1S/C4H6N4O2/c9-4(10)1-8(4)3-5-2-6-7-3/h2-3,9-10H,1H2. The van der Waals surface area contributed by atoms with Crippen LogP contribution in [0.5, 0.6) is 0 Å². The van der Waals surface area contributed by atoms with Crippen molar-refractivity contribution in [1.82, 2.24) is 4.90 Å². The van der Waals surface area contributed by atoms with Crippen molar-refractivity contribution in [1.29, 1.82) is 0 Å². The average Bonchev–Trinajstić information content (AvgIpc) is 2.31. The van der Waals surface area contributed by atoms with Gasteiger partial charge in [0.25, 0.3) is 0 Å². The molecule has 2 unspecified atom stereocenters. The predicted molar refractivity (Wildman–Crippen MR) is 31.0 cm³/mol. The van der Waals surface area contributed by atoms with Gasteiger partial charge in [0.05, 0.1) is 6.54 Å². The van der Waals surface area contributed by atoms with E-state index in [0.717, 1.165) is 0 Å². The molecular weight excluding hydrogens is 136 g/mol. The van der Waals surface area contributed by atoms with Crippen molar-refractivity contribution in [2.24, 2.45) is 15.2 Å². The zero-order chi connectivity index (χ0) is 7.19. The van der Waals surface area contributed by atoms with Crippen molar-refractivity contribution in [3.63, 3.8) is 0 Å². The van der Waals surface area contributed by atoms with Crippen molar-refractivity contribution in [2.75, 3.05) is 6.54 Å². The molecule has 0 bridgehead atoms. The maximum atomic E-state index is 8.86. The monoisotopic (exact) mass is 142 g/mol. The lowest BCUT2D eigenvalue weighted by atomic mass is 10.8. The van der Waals surface area contributed by atoms with E-state index in [1.165, 1.54) is 11.2 Å². The SMILES string of the molecule is OC1(O)CN1C1N=CN=N1. The third-order valence-electron chi connectivity index (χ3n) is 1.44. The van der Waals surface area contributed by atoms with E-state index in [4.69, 9.17) is 10.2 Å². The van der Waals surface area contributed by atoms with Gasteiger partial charge in [-0.3, -0.25) is 0 Å². The second kappa shape index (κ2) is 1.60. The Hall–Kier alpha value is -0.850. The van der Waals surface area contributed by atoms with Crippen molar-refractivity contribution in [3.8, 4) is 0 Å². The van der Waals surface area contributed by atoms with Gasteiger partial charge in [-0.25, -0.2) is 9.89 Å². The van der Waals surface area contributed by atoms with Crippen LogP contribution >= 0.6 is 0 Å². The van der Waals surface area contributed by atoms with Gasteiger partial charge in [-0.1, -0.05) is 0 Å². The smallest absolute Gasteiger partial charge is 0.242 e. The average molecular weight is 142 g/mol. The fourth-order valence-corrected chi connectivity index (χ4v) is 0.811. The van der Waals surface area contributed by atoms with Crippen LogP contribution in [0.25, 0.3) is 0 Å². The molecule has 0 aromatic rings. The summed E-state index contributed by atoms with van der Waals surface area (Å²) < 4.78 is 0. The highest BCUT2D eigenvalue weighted by Gasteiger charge is 2.54. The minimum atomic E-state index is -1.70. The normalized spacial score (nSPS) is 40.6. The van der Waals surface area contributed by atoms with E-state index in [1.54, 1.807) is 0 Å². The first-order valence-corrected chi connectivity index (χ1v) is 2.83. The van der Waals surface area contributed by atoms with E-state index in [-0.39, 0.29) is 6.54 Å². The van der Waals surface area contributed by atoms with Crippen LogP contribution in [0.3, 0.4) is 0 Å². The molecule has 2 rings (SSSR count). The maximum Gasteiger partial charge on any atom is 0.242 e. The molecule has 1 fully saturated rings. The number of aliphatic hydroxyl groups is 2. The van der Waals surface area contributed by atoms with E-state index in [2.05, 4.69) is 15.2 Å². The molecule has 2 atom stereocenters. The molecule has 6 nitrogen and oxygen atoms in total. The molecule has 0 radical (unpaired) electrons. The minimum absolute atomic E-state index is 0.189. The Bertz CT molecular complexity index is 199. The van der Waals surface area contributed by atoms with Gasteiger partial charge in [0.2, 0.25) is 12.2 Å². The highest BCUT2D eigenvalue weighted by molar-refractivity contribution is 5.56. The summed E-state index contributed by atoms with van der Waals surface area (Å²) in [6, 6.07) is 0. The number of hydrogen-bond donors (Lipinski definition) is 2. The van der Waals surface area contributed by atoms with Crippen molar-refractivity contribution >= 4 is 6.34 Å². The Morgan fingerprint density at radius 1 is 1.60 bits per heavy atom. The second-order valence-corrected chi connectivity index (χ2v) is 2.24. The zero-order valence-electron chi connectivity index (χ0n) is 5.05. The van der Waals surface area contributed by atoms with Crippen LogP contribution in [0.2, 0.25) is 0 Å². The summed E-state index contributed by atoms with van der Waals surface area (Å²) in [5.74, 6) is -1.70. The van der Waals surface area contributed by atoms with Crippen molar-refractivity contribution in [2.45, 2.75) is 12.2 Å². The molecule has 10 heavy (non-hydrogen) atoms. The van der Waals surface area contributed by atoms with Crippen LogP contribution in [0, 0.1) is 0 Å². The molecule has 6 heteroatoms. The van der Waals surface area contributed by atoms with Crippen LogP contribution in [0.4, 0.5) is 0 Å². The lowest BCUT2D eigenvalue weighted by Gasteiger charge is -2.04. The quantitative estimate of drug-likeness (QED) is 0.353. The highest BCUT2D eigenvalue weighted by atomic mass is 16.6. The van der Waals surface area contributed by atoms with Gasteiger partial charge in [-0.15, -0.1) is 10.2 Å². The van der Waals surface area contributed by atoms with E-state index in [9.17, 15) is 0 Å². The van der Waals surface area contributed by atoms with E-state index < -0.39 is 12.2 Å². The molecule has 1 saturated heterocycles. The molecule has 2 heterocycles.